The molecule has 4 rings (SSSR count). The van der Waals surface area contributed by atoms with Crippen molar-refractivity contribution in [1.82, 2.24) is 14.7 Å². The maximum Gasteiger partial charge on any atom is 0.269 e. The molecule has 0 atom stereocenters. The maximum absolute atomic E-state index is 12.5. The number of nitro groups is 1. The standard InChI is InChI=1S/C21H17N5O5/c1-13-12-18(25(23-13)14-6-8-15(9-7-14)26(30)31)22-19(27)10-11-24-20(28)16-4-2-3-5-17(16)21(24)29/h2-9,12H,10-11H2,1H3,(H,22,27). The van der Waals surface area contributed by atoms with E-state index in [9.17, 15) is 24.5 Å². The molecule has 1 aliphatic rings. The van der Waals surface area contributed by atoms with Gasteiger partial charge in [-0.15, -0.1) is 0 Å². The molecule has 0 radical (unpaired) electrons. The molecular formula is C21H17N5O5. The van der Waals surface area contributed by atoms with E-state index < -0.39 is 22.6 Å². The molecule has 0 saturated heterocycles. The van der Waals surface area contributed by atoms with Crippen LogP contribution < -0.4 is 5.32 Å². The van der Waals surface area contributed by atoms with E-state index in [0.29, 0.717) is 28.3 Å². The highest BCUT2D eigenvalue weighted by Gasteiger charge is 2.35. The highest BCUT2D eigenvalue weighted by molar-refractivity contribution is 6.21. The first-order valence-corrected chi connectivity index (χ1v) is 9.42. The summed E-state index contributed by atoms with van der Waals surface area (Å²) in [5.41, 5.74) is 1.78. The zero-order valence-electron chi connectivity index (χ0n) is 16.4. The third-order valence-corrected chi connectivity index (χ3v) is 4.84. The van der Waals surface area contributed by atoms with Gasteiger partial charge < -0.3 is 5.32 Å². The molecule has 3 aromatic rings. The van der Waals surface area contributed by atoms with E-state index in [2.05, 4.69) is 10.4 Å². The Bertz CT molecular complexity index is 1180. The number of rotatable bonds is 6. The number of aryl methyl sites for hydroxylation is 1. The minimum absolute atomic E-state index is 0.0527. The molecule has 0 aliphatic carbocycles. The van der Waals surface area contributed by atoms with Crippen molar-refractivity contribution < 1.29 is 19.3 Å². The van der Waals surface area contributed by atoms with Crippen LogP contribution in [0.4, 0.5) is 11.5 Å². The predicted molar refractivity (Wildman–Crippen MR) is 110 cm³/mol. The second-order valence-corrected chi connectivity index (χ2v) is 6.96. The number of imide groups is 1. The van der Waals surface area contributed by atoms with Crippen molar-refractivity contribution in [3.63, 3.8) is 0 Å². The number of nitrogens with zero attached hydrogens (tertiary/aromatic N) is 4. The molecule has 2 heterocycles. The Labute approximate surface area is 176 Å². The Kier molecular flexibility index (Phi) is 5.04. The van der Waals surface area contributed by atoms with E-state index in [0.717, 1.165) is 4.90 Å². The molecule has 31 heavy (non-hydrogen) atoms. The molecule has 0 fully saturated rings. The van der Waals surface area contributed by atoms with Gasteiger partial charge in [-0.05, 0) is 31.2 Å². The lowest BCUT2D eigenvalue weighted by molar-refractivity contribution is -0.384. The predicted octanol–water partition coefficient (Wildman–Crippen LogP) is 2.71. The van der Waals surface area contributed by atoms with Crippen molar-refractivity contribution in [1.29, 1.82) is 0 Å². The number of anilines is 1. The molecule has 0 unspecified atom stereocenters. The van der Waals surface area contributed by atoms with Gasteiger partial charge in [0.15, 0.2) is 0 Å². The fourth-order valence-electron chi connectivity index (χ4n) is 3.36. The van der Waals surface area contributed by atoms with E-state index in [1.165, 1.54) is 28.9 Å². The Hall–Kier alpha value is -4.34. The van der Waals surface area contributed by atoms with E-state index in [4.69, 9.17) is 0 Å². The Balaban J connectivity index is 1.45. The van der Waals surface area contributed by atoms with Gasteiger partial charge in [0.25, 0.3) is 17.5 Å². The molecule has 10 heteroatoms. The zero-order valence-corrected chi connectivity index (χ0v) is 16.4. The van der Waals surface area contributed by atoms with Crippen LogP contribution in [0.2, 0.25) is 0 Å². The average molecular weight is 419 g/mol. The molecule has 0 saturated carbocycles. The van der Waals surface area contributed by atoms with E-state index in [-0.39, 0.29) is 18.7 Å². The SMILES string of the molecule is Cc1cc(NC(=O)CCN2C(=O)c3ccccc3C2=O)n(-c2ccc([N+](=O)[O-])cc2)n1. The van der Waals surface area contributed by atoms with Crippen molar-refractivity contribution in [3.05, 3.63) is 81.5 Å². The monoisotopic (exact) mass is 419 g/mol. The lowest BCUT2D eigenvalue weighted by Crippen LogP contribution is -2.33. The van der Waals surface area contributed by atoms with Crippen LogP contribution in [-0.4, -0.2) is 43.9 Å². The average Bonchev–Trinajstić information content (AvgIpc) is 3.24. The normalized spacial score (nSPS) is 12.7. The van der Waals surface area contributed by atoms with Gasteiger partial charge in [0, 0.05) is 31.2 Å². The molecular weight excluding hydrogens is 402 g/mol. The van der Waals surface area contributed by atoms with Crippen LogP contribution in [-0.2, 0) is 4.79 Å². The number of non-ortho nitro benzene ring substituents is 1. The molecule has 0 bridgehead atoms. The zero-order chi connectivity index (χ0) is 22.1. The smallest absolute Gasteiger partial charge is 0.269 e. The highest BCUT2D eigenvalue weighted by Crippen LogP contribution is 2.23. The Morgan fingerprint density at radius 3 is 2.26 bits per heavy atom. The van der Waals surface area contributed by atoms with Crippen LogP contribution in [0.25, 0.3) is 5.69 Å². The minimum Gasteiger partial charge on any atom is -0.311 e. The van der Waals surface area contributed by atoms with Crippen LogP contribution >= 0.6 is 0 Å². The van der Waals surface area contributed by atoms with Crippen LogP contribution in [0.5, 0.6) is 0 Å². The summed E-state index contributed by atoms with van der Waals surface area (Å²) in [5, 5.41) is 17.9. The van der Waals surface area contributed by atoms with Crippen molar-refractivity contribution in [3.8, 4) is 5.69 Å². The molecule has 1 N–H and O–H groups in total. The fourth-order valence-corrected chi connectivity index (χ4v) is 3.36. The first kappa shape index (κ1) is 20.0. The van der Waals surface area contributed by atoms with E-state index in [1.807, 2.05) is 0 Å². The molecule has 2 aromatic carbocycles. The van der Waals surface area contributed by atoms with Gasteiger partial charge in [0.05, 0.1) is 27.4 Å². The number of benzene rings is 2. The summed E-state index contributed by atoms with van der Waals surface area (Å²) in [6, 6.07) is 13.9. The number of carbonyl (C=O) groups is 3. The molecule has 1 aromatic heterocycles. The third kappa shape index (κ3) is 3.78. The minimum atomic E-state index is -0.500. The van der Waals surface area contributed by atoms with Crippen molar-refractivity contribution in [2.24, 2.45) is 0 Å². The van der Waals surface area contributed by atoms with Gasteiger partial charge in [0.2, 0.25) is 5.91 Å². The molecule has 3 amide bonds. The van der Waals surface area contributed by atoms with Crippen molar-refractivity contribution >= 4 is 29.2 Å². The molecule has 1 aliphatic heterocycles. The first-order valence-electron chi connectivity index (χ1n) is 9.42. The van der Waals surface area contributed by atoms with Gasteiger partial charge in [-0.2, -0.15) is 5.10 Å². The summed E-state index contributed by atoms with van der Waals surface area (Å²) in [6.45, 7) is 1.69. The van der Waals surface area contributed by atoms with Gasteiger partial charge in [-0.3, -0.25) is 29.4 Å². The summed E-state index contributed by atoms with van der Waals surface area (Å²) < 4.78 is 1.46. The summed E-state index contributed by atoms with van der Waals surface area (Å²) in [6.07, 6.45) is -0.0873. The maximum atomic E-state index is 12.5. The van der Waals surface area contributed by atoms with Crippen LogP contribution in [0, 0.1) is 17.0 Å². The number of aromatic nitrogens is 2. The van der Waals surface area contributed by atoms with E-state index in [1.54, 1.807) is 37.3 Å². The van der Waals surface area contributed by atoms with Crippen LogP contribution in [0.1, 0.15) is 32.8 Å². The van der Waals surface area contributed by atoms with Gasteiger partial charge in [-0.25, -0.2) is 4.68 Å². The van der Waals surface area contributed by atoms with Crippen LogP contribution in [0.15, 0.2) is 54.6 Å². The quantitative estimate of drug-likeness (QED) is 0.372. The number of nitro benzene ring substituents is 1. The van der Waals surface area contributed by atoms with Crippen molar-refractivity contribution in [2.75, 3.05) is 11.9 Å². The summed E-state index contributed by atoms with van der Waals surface area (Å²) in [4.78, 5) is 48.7. The topological polar surface area (TPSA) is 127 Å². The summed E-state index contributed by atoms with van der Waals surface area (Å²) in [7, 11) is 0. The number of nitrogens with one attached hydrogen (secondary N) is 1. The second kappa shape index (κ2) is 7.82. The number of amides is 3. The Morgan fingerprint density at radius 2 is 1.68 bits per heavy atom. The first-order chi connectivity index (χ1) is 14.8. The molecule has 156 valence electrons. The largest absolute Gasteiger partial charge is 0.311 e. The number of carbonyl (C=O) groups excluding carboxylic acids is 3. The van der Waals surface area contributed by atoms with Gasteiger partial charge in [0.1, 0.15) is 5.82 Å². The summed E-state index contributed by atoms with van der Waals surface area (Å²) in [5.74, 6) is -0.862. The lowest BCUT2D eigenvalue weighted by Gasteiger charge is -2.14. The lowest BCUT2D eigenvalue weighted by atomic mass is 10.1. The highest BCUT2D eigenvalue weighted by atomic mass is 16.6. The molecule has 0 spiro atoms. The number of hydrogen-bond acceptors (Lipinski definition) is 6. The number of hydrogen-bond donors (Lipinski definition) is 1. The van der Waals surface area contributed by atoms with Crippen LogP contribution in [0.3, 0.4) is 0 Å². The third-order valence-electron chi connectivity index (χ3n) is 4.84. The van der Waals surface area contributed by atoms with Gasteiger partial charge in [-0.1, -0.05) is 12.1 Å². The van der Waals surface area contributed by atoms with Crippen molar-refractivity contribution in [2.45, 2.75) is 13.3 Å². The molecule has 10 nitrogen and oxygen atoms in total. The van der Waals surface area contributed by atoms with E-state index >= 15 is 0 Å². The van der Waals surface area contributed by atoms with Gasteiger partial charge >= 0.3 is 0 Å². The summed E-state index contributed by atoms with van der Waals surface area (Å²) >= 11 is 0. The number of fused-ring (bicyclic) bond motifs is 1. The fraction of sp³-hybridized carbons (Fsp3) is 0.143. The second-order valence-electron chi connectivity index (χ2n) is 6.96. The Morgan fingerprint density at radius 1 is 1.06 bits per heavy atom.